The number of thioether (sulfide) groups is 1. The van der Waals surface area contributed by atoms with Crippen molar-refractivity contribution in [1.82, 2.24) is 4.57 Å². The third-order valence-electron chi connectivity index (χ3n) is 3.75. The van der Waals surface area contributed by atoms with Crippen LogP contribution in [0.2, 0.25) is 0 Å². The Labute approximate surface area is 144 Å². The topological polar surface area (TPSA) is 69.9 Å². The lowest BCUT2D eigenvalue weighted by molar-refractivity contribution is 0.262. The van der Waals surface area contributed by atoms with Gasteiger partial charge in [-0.05, 0) is 42.7 Å². The van der Waals surface area contributed by atoms with Crippen molar-refractivity contribution >= 4 is 45.1 Å². The molecule has 1 heterocycles. The van der Waals surface area contributed by atoms with Crippen LogP contribution in [-0.4, -0.2) is 21.9 Å². The fraction of sp³-hybridized carbons (Fsp3) is 0.111. The molecule has 0 radical (unpaired) electrons. The molecule has 3 N–H and O–H groups in total. The summed E-state index contributed by atoms with van der Waals surface area (Å²) in [6.45, 7) is 0. The molecule has 3 rings (SSSR count). The van der Waals surface area contributed by atoms with Gasteiger partial charge in [-0.3, -0.25) is 5.41 Å². The highest BCUT2D eigenvalue weighted by Crippen LogP contribution is 2.20. The molecule has 0 aliphatic rings. The lowest BCUT2D eigenvalue weighted by atomic mass is 10.2. The molecule has 5 nitrogen and oxygen atoms in total. The van der Waals surface area contributed by atoms with Crippen LogP contribution in [0.25, 0.3) is 10.9 Å². The fourth-order valence-corrected chi connectivity index (χ4v) is 2.85. The number of anilines is 2. The molecular weight excluding hydrogens is 320 g/mol. The molecule has 0 fully saturated rings. The average molecular weight is 338 g/mol. The molecule has 0 aliphatic heterocycles. The maximum absolute atomic E-state index is 12.1. The van der Waals surface area contributed by atoms with E-state index in [0.717, 1.165) is 22.2 Å². The number of rotatable bonds is 3. The molecule has 122 valence electrons. The maximum atomic E-state index is 12.1. The molecule has 1 aromatic heterocycles. The summed E-state index contributed by atoms with van der Waals surface area (Å²) >= 11 is 1.38. The molecule has 6 heteroatoms. The van der Waals surface area contributed by atoms with Gasteiger partial charge >= 0.3 is 6.03 Å². The summed E-state index contributed by atoms with van der Waals surface area (Å²) in [5.74, 6) is 0. The number of benzene rings is 2. The van der Waals surface area contributed by atoms with E-state index in [1.54, 1.807) is 12.1 Å². The molecule has 0 spiro atoms. The Morgan fingerprint density at radius 2 is 1.71 bits per heavy atom. The number of hydrogen-bond acceptors (Lipinski definition) is 3. The largest absolute Gasteiger partial charge is 0.351 e. The zero-order valence-corrected chi connectivity index (χ0v) is 14.3. The van der Waals surface area contributed by atoms with Gasteiger partial charge in [0.25, 0.3) is 0 Å². The van der Waals surface area contributed by atoms with Crippen molar-refractivity contribution in [2.24, 2.45) is 7.05 Å². The Bertz CT molecular complexity index is 899. The lowest BCUT2D eigenvalue weighted by Gasteiger charge is -2.09. The fourth-order valence-electron chi connectivity index (χ4n) is 2.48. The molecule has 0 atom stereocenters. The van der Waals surface area contributed by atoms with Crippen molar-refractivity contribution in [1.29, 1.82) is 5.41 Å². The van der Waals surface area contributed by atoms with E-state index in [1.165, 1.54) is 11.8 Å². The van der Waals surface area contributed by atoms with Crippen molar-refractivity contribution in [2.45, 2.75) is 0 Å². The molecule has 2 amide bonds. The molecule has 0 saturated heterocycles. The van der Waals surface area contributed by atoms with Crippen molar-refractivity contribution in [3.63, 3.8) is 0 Å². The third kappa shape index (κ3) is 3.44. The lowest BCUT2D eigenvalue weighted by Crippen LogP contribution is -2.19. The van der Waals surface area contributed by atoms with E-state index in [4.69, 9.17) is 5.41 Å². The van der Waals surface area contributed by atoms with E-state index in [1.807, 2.05) is 60.5 Å². The number of aryl methyl sites for hydroxylation is 1. The van der Waals surface area contributed by atoms with Gasteiger partial charge in [0.05, 0.1) is 5.04 Å². The first kappa shape index (κ1) is 16.1. The van der Waals surface area contributed by atoms with E-state index in [-0.39, 0.29) is 6.03 Å². The third-order valence-corrected chi connectivity index (χ3v) is 4.40. The minimum absolute atomic E-state index is 0.294. The summed E-state index contributed by atoms with van der Waals surface area (Å²) in [6.07, 6.45) is 3.85. The van der Waals surface area contributed by atoms with Crippen molar-refractivity contribution in [2.75, 3.05) is 16.9 Å². The summed E-state index contributed by atoms with van der Waals surface area (Å²) in [5, 5.41) is 15.0. The Morgan fingerprint density at radius 3 is 2.42 bits per heavy atom. The number of nitrogens with zero attached hydrogens (tertiary/aromatic N) is 1. The Hall–Kier alpha value is -2.73. The summed E-state index contributed by atoms with van der Waals surface area (Å²) in [6, 6.07) is 14.8. The van der Waals surface area contributed by atoms with Gasteiger partial charge < -0.3 is 15.2 Å². The molecular formula is C18H18N4OS. The standard InChI is InChI=1S/C18H18N4OS/c1-22-10-9-13-11-15(7-8-16(13)22)21-18(23)20-14-5-3-12(4-6-14)17(19)24-2/h3-11,19H,1-2H3,(H2,20,21,23). The second-order valence-corrected chi connectivity index (χ2v) is 6.21. The zero-order valence-electron chi connectivity index (χ0n) is 13.5. The SMILES string of the molecule is CSC(=N)c1ccc(NC(=O)Nc2ccc3c(ccn3C)c2)cc1. The van der Waals surface area contributed by atoms with Crippen LogP contribution in [-0.2, 0) is 7.05 Å². The highest BCUT2D eigenvalue weighted by molar-refractivity contribution is 8.13. The van der Waals surface area contributed by atoms with Crippen LogP contribution in [0.5, 0.6) is 0 Å². The van der Waals surface area contributed by atoms with Crippen LogP contribution in [0.4, 0.5) is 16.2 Å². The van der Waals surface area contributed by atoms with Crippen LogP contribution in [0, 0.1) is 5.41 Å². The number of aromatic nitrogens is 1. The van der Waals surface area contributed by atoms with E-state index in [0.29, 0.717) is 10.7 Å². The van der Waals surface area contributed by atoms with Crippen molar-refractivity contribution in [3.05, 3.63) is 60.3 Å². The van der Waals surface area contributed by atoms with Crippen molar-refractivity contribution < 1.29 is 4.79 Å². The smallest absolute Gasteiger partial charge is 0.323 e. The molecule has 24 heavy (non-hydrogen) atoms. The van der Waals surface area contributed by atoms with Crippen LogP contribution >= 0.6 is 11.8 Å². The normalized spacial score (nSPS) is 10.6. The zero-order chi connectivity index (χ0) is 17.1. The molecule has 0 unspecified atom stereocenters. The minimum Gasteiger partial charge on any atom is -0.351 e. The molecule has 0 saturated carbocycles. The second kappa shape index (κ2) is 6.80. The summed E-state index contributed by atoms with van der Waals surface area (Å²) in [5.41, 5.74) is 3.38. The predicted molar refractivity (Wildman–Crippen MR) is 102 cm³/mol. The first-order valence-corrected chi connectivity index (χ1v) is 8.65. The van der Waals surface area contributed by atoms with Gasteiger partial charge in [-0.15, -0.1) is 11.8 Å². The van der Waals surface area contributed by atoms with E-state index in [2.05, 4.69) is 10.6 Å². The number of nitrogens with one attached hydrogen (secondary N) is 3. The number of fused-ring (bicyclic) bond motifs is 1. The van der Waals surface area contributed by atoms with Gasteiger partial charge in [0.15, 0.2) is 0 Å². The van der Waals surface area contributed by atoms with Gasteiger partial charge in [0.2, 0.25) is 0 Å². The quantitative estimate of drug-likeness (QED) is 0.486. The minimum atomic E-state index is -0.294. The highest BCUT2D eigenvalue weighted by Gasteiger charge is 2.06. The highest BCUT2D eigenvalue weighted by atomic mass is 32.2. The second-order valence-electron chi connectivity index (χ2n) is 5.39. The average Bonchev–Trinajstić information content (AvgIpc) is 2.95. The van der Waals surface area contributed by atoms with E-state index >= 15 is 0 Å². The maximum Gasteiger partial charge on any atom is 0.323 e. The number of urea groups is 1. The van der Waals surface area contributed by atoms with Crippen LogP contribution in [0.1, 0.15) is 5.56 Å². The number of carbonyl (C=O) groups is 1. The van der Waals surface area contributed by atoms with Gasteiger partial charge in [0, 0.05) is 41.1 Å². The monoisotopic (exact) mass is 338 g/mol. The molecule has 2 aromatic carbocycles. The van der Waals surface area contributed by atoms with Gasteiger partial charge in [-0.2, -0.15) is 0 Å². The first-order chi connectivity index (χ1) is 11.6. The van der Waals surface area contributed by atoms with Gasteiger partial charge in [-0.25, -0.2) is 4.79 Å². The van der Waals surface area contributed by atoms with E-state index in [9.17, 15) is 4.79 Å². The number of hydrogen-bond donors (Lipinski definition) is 3. The number of carbonyl (C=O) groups excluding carboxylic acids is 1. The van der Waals surface area contributed by atoms with Crippen molar-refractivity contribution in [3.8, 4) is 0 Å². The Balaban J connectivity index is 1.67. The van der Waals surface area contributed by atoms with Crippen LogP contribution in [0.15, 0.2) is 54.7 Å². The molecule has 0 aliphatic carbocycles. The van der Waals surface area contributed by atoms with Crippen LogP contribution in [0.3, 0.4) is 0 Å². The van der Waals surface area contributed by atoms with E-state index < -0.39 is 0 Å². The first-order valence-electron chi connectivity index (χ1n) is 7.43. The Kier molecular flexibility index (Phi) is 4.57. The summed E-state index contributed by atoms with van der Waals surface area (Å²) in [4.78, 5) is 12.1. The Morgan fingerprint density at radius 1 is 1.04 bits per heavy atom. The number of amides is 2. The van der Waals surface area contributed by atoms with Crippen LogP contribution < -0.4 is 10.6 Å². The summed E-state index contributed by atoms with van der Waals surface area (Å²) < 4.78 is 2.03. The molecule has 3 aromatic rings. The molecule has 0 bridgehead atoms. The van der Waals surface area contributed by atoms with Gasteiger partial charge in [-0.1, -0.05) is 12.1 Å². The predicted octanol–water partition coefficient (Wildman–Crippen LogP) is 4.51. The van der Waals surface area contributed by atoms with Gasteiger partial charge in [0.1, 0.15) is 0 Å². The summed E-state index contributed by atoms with van der Waals surface area (Å²) in [7, 11) is 1.99.